The van der Waals surface area contributed by atoms with Crippen LogP contribution >= 0.6 is 0 Å². The lowest BCUT2D eigenvalue weighted by molar-refractivity contribution is -0.131. The van der Waals surface area contributed by atoms with Crippen molar-refractivity contribution in [2.75, 3.05) is 55.7 Å². The smallest absolute Gasteiger partial charge is 0.377 e. The lowest BCUT2D eigenvalue weighted by Crippen LogP contribution is -2.44. The van der Waals surface area contributed by atoms with Crippen LogP contribution in [-0.4, -0.2) is 84.2 Å². The minimum atomic E-state index is -2.65. The number of carbonyl (C=O) groups is 1. The van der Waals surface area contributed by atoms with Crippen LogP contribution in [0, 0.1) is 0 Å². The summed E-state index contributed by atoms with van der Waals surface area (Å²) in [6.45, 7) is 3.59. The van der Waals surface area contributed by atoms with Crippen molar-refractivity contribution in [2.45, 2.75) is 135 Å². The van der Waals surface area contributed by atoms with Crippen LogP contribution in [0.1, 0.15) is 122 Å². The van der Waals surface area contributed by atoms with Gasteiger partial charge in [-0.05, 0) is 19.3 Å². The summed E-state index contributed by atoms with van der Waals surface area (Å²) in [4.78, 5) is 15.1. The summed E-state index contributed by atoms with van der Waals surface area (Å²) in [7, 11) is 4.46. The highest BCUT2D eigenvalue weighted by Crippen LogP contribution is 2.19. The second kappa shape index (κ2) is 26.3. The van der Waals surface area contributed by atoms with Gasteiger partial charge in [0.25, 0.3) is 0 Å². The fourth-order valence-electron chi connectivity index (χ4n) is 5.25. The topological polar surface area (TPSA) is 75.7 Å². The van der Waals surface area contributed by atoms with E-state index in [1.54, 1.807) is 42.7 Å². The van der Waals surface area contributed by atoms with Crippen molar-refractivity contribution in [3.05, 3.63) is 0 Å². The molecule has 0 radical (unpaired) electrons. The summed E-state index contributed by atoms with van der Waals surface area (Å²) in [6.07, 6.45) is 22.0. The molecule has 0 aliphatic rings. The molecule has 10 heteroatoms. The van der Waals surface area contributed by atoms with Crippen LogP contribution < -0.4 is 0 Å². The maximum Gasteiger partial charge on any atom is 0.500 e. The average molecular weight is 608 g/mol. The van der Waals surface area contributed by atoms with Crippen LogP contribution in [0.5, 0.6) is 0 Å². The van der Waals surface area contributed by atoms with E-state index in [0.29, 0.717) is 31.6 Å². The zero-order chi connectivity index (χ0) is 30.0. The molecule has 0 aromatic carbocycles. The highest BCUT2D eigenvalue weighted by molar-refractivity contribution is 6.60. The Morgan fingerprint density at radius 1 is 0.475 bits per heavy atom. The first kappa shape index (κ1) is 39.7. The third kappa shape index (κ3) is 18.3. The van der Waals surface area contributed by atoms with E-state index < -0.39 is 17.6 Å². The summed E-state index contributed by atoms with van der Waals surface area (Å²) in [5.74, 6) is 0.216. The van der Waals surface area contributed by atoms with E-state index in [-0.39, 0.29) is 5.91 Å². The first-order valence-corrected chi connectivity index (χ1v) is 19.9. The van der Waals surface area contributed by atoms with Gasteiger partial charge < -0.3 is 31.5 Å². The Morgan fingerprint density at radius 2 is 0.775 bits per heavy atom. The molecular weight excluding hydrogens is 543 g/mol. The number of amides is 1. The quantitative estimate of drug-likeness (QED) is 0.0614. The van der Waals surface area contributed by atoms with Crippen molar-refractivity contribution in [1.29, 1.82) is 0 Å². The summed E-state index contributed by atoms with van der Waals surface area (Å²) in [5.41, 5.74) is 0. The van der Waals surface area contributed by atoms with E-state index in [9.17, 15) is 4.79 Å². The zero-order valence-corrected chi connectivity index (χ0v) is 29.4. The molecule has 0 unspecified atom stereocenters. The molecule has 0 fully saturated rings. The molecule has 240 valence electrons. The molecule has 0 heterocycles. The first-order chi connectivity index (χ1) is 19.4. The average Bonchev–Trinajstić information content (AvgIpc) is 2.99. The Morgan fingerprint density at radius 3 is 1.07 bits per heavy atom. The maximum absolute atomic E-state index is 13.2. The van der Waals surface area contributed by atoms with Gasteiger partial charge >= 0.3 is 17.6 Å². The van der Waals surface area contributed by atoms with E-state index in [1.165, 1.54) is 83.5 Å². The van der Waals surface area contributed by atoms with Crippen molar-refractivity contribution in [3.8, 4) is 0 Å². The summed E-state index contributed by atoms with van der Waals surface area (Å²) in [5, 5.41) is 0. The molecule has 0 saturated carbocycles. The highest BCUT2D eigenvalue weighted by Gasteiger charge is 2.38. The lowest BCUT2D eigenvalue weighted by atomic mass is 10.0. The van der Waals surface area contributed by atoms with E-state index in [4.69, 9.17) is 26.6 Å². The van der Waals surface area contributed by atoms with E-state index in [1.807, 2.05) is 4.90 Å². The van der Waals surface area contributed by atoms with Crippen LogP contribution in [0.3, 0.4) is 0 Å². The number of unbranched alkanes of at least 4 members (excludes halogenated alkanes) is 14. The van der Waals surface area contributed by atoms with Gasteiger partial charge in [0.15, 0.2) is 0 Å². The summed E-state index contributed by atoms with van der Waals surface area (Å²) >= 11 is 0. The normalized spacial score (nSPS) is 12.3. The van der Waals surface area contributed by atoms with Crippen molar-refractivity contribution < 1.29 is 31.4 Å². The number of carbonyl (C=O) groups excluding carboxylic acids is 1. The Bertz CT molecular complexity index is 536. The molecule has 0 bridgehead atoms. The van der Waals surface area contributed by atoms with Gasteiger partial charge in [-0.2, -0.15) is 0 Å². The van der Waals surface area contributed by atoms with Gasteiger partial charge in [0.2, 0.25) is 5.91 Å². The van der Waals surface area contributed by atoms with Crippen LogP contribution in [0.4, 0.5) is 0 Å². The number of hydrogen-bond donors (Lipinski definition) is 0. The van der Waals surface area contributed by atoms with Gasteiger partial charge in [-0.15, -0.1) is 0 Å². The van der Waals surface area contributed by atoms with Crippen LogP contribution in [0.2, 0.25) is 12.1 Å². The number of hydrogen-bond acceptors (Lipinski definition) is 7. The summed E-state index contributed by atoms with van der Waals surface area (Å²) < 4.78 is 33.3. The molecule has 0 N–H and O–H groups in total. The minimum Gasteiger partial charge on any atom is -0.377 e. The predicted octanol–water partition coefficient (Wildman–Crippen LogP) is 7.61. The standard InChI is InChI=1S/C30H65NO7Si2/c1-8-9-10-11-12-13-14-15-16-17-18-19-20-21-22-25-30(32)31(26-23-28-39(33-2,34-3)35-4)27-24-29-40(36-5,37-6)38-7/h8-29H2,1-7H3. The monoisotopic (exact) mass is 607 g/mol. The molecule has 0 aliphatic carbocycles. The largest absolute Gasteiger partial charge is 0.500 e. The first-order valence-electron chi connectivity index (χ1n) is 16.0. The molecule has 1 amide bonds. The summed E-state index contributed by atoms with van der Waals surface area (Å²) in [6, 6.07) is 1.35. The Kier molecular flexibility index (Phi) is 26.1. The van der Waals surface area contributed by atoms with Gasteiger partial charge in [0.1, 0.15) is 0 Å². The SMILES string of the molecule is CCCCCCCCCCCCCCCCCC(=O)N(CCC[Si](OC)(OC)OC)CCC[Si](OC)(OC)OC. The van der Waals surface area contributed by atoms with E-state index >= 15 is 0 Å². The molecule has 0 rings (SSSR count). The van der Waals surface area contributed by atoms with Gasteiger partial charge in [-0.3, -0.25) is 4.79 Å². The molecule has 0 saturated heterocycles. The van der Waals surface area contributed by atoms with E-state index in [2.05, 4.69) is 6.92 Å². The van der Waals surface area contributed by atoms with Crippen LogP contribution in [-0.2, 0) is 31.4 Å². The molecule has 40 heavy (non-hydrogen) atoms. The maximum atomic E-state index is 13.2. The van der Waals surface area contributed by atoms with Gasteiger partial charge in [-0.1, -0.05) is 96.8 Å². The third-order valence-electron chi connectivity index (χ3n) is 8.03. The second-order valence-electron chi connectivity index (χ2n) is 10.9. The fraction of sp³-hybridized carbons (Fsp3) is 0.967. The minimum absolute atomic E-state index is 0.216. The second-order valence-corrected chi connectivity index (χ2v) is 17.1. The molecule has 0 aliphatic heterocycles. The Balaban J connectivity index is 4.33. The Labute approximate surface area is 249 Å². The van der Waals surface area contributed by atoms with Crippen molar-refractivity contribution in [3.63, 3.8) is 0 Å². The van der Waals surface area contributed by atoms with Crippen LogP contribution in [0.25, 0.3) is 0 Å². The van der Waals surface area contributed by atoms with Gasteiger partial charge in [0.05, 0.1) is 0 Å². The Hall–Kier alpha value is -0.336. The highest BCUT2D eigenvalue weighted by atomic mass is 28.4. The molecular formula is C30H65NO7Si2. The fourth-order valence-corrected chi connectivity index (χ4v) is 8.66. The van der Waals surface area contributed by atoms with Gasteiger partial charge in [0, 0.05) is 74.3 Å². The van der Waals surface area contributed by atoms with Crippen molar-refractivity contribution in [1.82, 2.24) is 4.90 Å². The molecule has 0 aromatic heterocycles. The third-order valence-corrected chi connectivity index (χ3v) is 13.7. The van der Waals surface area contributed by atoms with Crippen molar-refractivity contribution in [2.24, 2.45) is 0 Å². The number of nitrogens with zero attached hydrogens (tertiary/aromatic N) is 1. The molecule has 8 nitrogen and oxygen atoms in total. The van der Waals surface area contributed by atoms with Crippen molar-refractivity contribution >= 4 is 23.5 Å². The molecule has 0 aromatic rings. The van der Waals surface area contributed by atoms with Gasteiger partial charge in [-0.25, -0.2) is 0 Å². The molecule has 0 spiro atoms. The van der Waals surface area contributed by atoms with E-state index in [0.717, 1.165) is 25.7 Å². The zero-order valence-electron chi connectivity index (χ0n) is 27.4. The molecule has 0 atom stereocenters. The predicted molar refractivity (Wildman–Crippen MR) is 169 cm³/mol. The number of rotatable bonds is 30. The lowest BCUT2D eigenvalue weighted by Gasteiger charge is -2.28. The van der Waals surface area contributed by atoms with Crippen LogP contribution in [0.15, 0.2) is 0 Å².